The lowest BCUT2D eigenvalue weighted by atomic mass is 9.85. The van der Waals surface area contributed by atoms with E-state index in [1.165, 1.54) is 18.1 Å². The molecule has 6 rings (SSSR count). The van der Waals surface area contributed by atoms with Gasteiger partial charge in [0, 0.05) is 24.5 Å². The van der Waals surface area contributed by atoms with Crippen LogP contribution in [-0.2, 0) is 39.5 Å². The zero-order chi connectivity index (χ0) is 38.3. The third-order valence-corrected chi connectivity index (χ3v) is 13.1. The van der Waals surface area contributed by atoms with Gasteiger partial charge in [-0.25, -0.2) is 13.2 Å². The molecule has 4 aliphatic rings. The Morgan fingerprint density at radius 3 is 2.25 bits per heavy atom. The Balaban J connectivity index is 1.32. The van der Waals surface area contributed by atoms with Gasteiger partial charge in [-0.2, -0.15) is 0 Å². The summed E-state index contributed by atoms with van der Waals surface area (Å²) in [4.78, 5) is 57.3. The van der Waals surface area contributed by atoms with Gasteiger partial charge >= 0.3 is 6.09 Å². The van der Waals surface area contributed by atoms with E-state index in [1.807, 2.05) is 63.2 Å². The van der Waals surface area contributed by atoms with Gasteiger partial charge in [0.05, 0.1) is 11.8 Å². The molecule has 53 heavy (non-hydrogen) atoms. The van der Waals surface area contributed by atoms with Crippen LogP contribution in [0.15, 0.2) is 61.2 Å². The van der Waals surface area contributed by atoms with Crippen LogP contribution in [0.5, 0.6) is 0 Å². The summed E-state index contributed by atoms with van der Waals surface area (Å²) >= 11 is 6.24. The van der Waals surface area contributed by atoms with Gasteiger partial charge in [-0.3, -0.25) is 19.1 Å². The second kappa shape index (κ2) is 14.7. The number of carbonyl (C=O) groups excluding carboxylic acids is 4. The number of sulfonamides is 1. The number of rotatable bonds is 12. The number of nitrogens with one attached hydrogen (secondary N) is 3. The highest BCUT2D eigenvalue weighted by Crippen LogP contribution is 2.47. The summed E-state index contributed by atoms with van der Waals surface area (Å²) < 4.78 is 39.5. The van der Waals surface area contributed by atoms with E-state index in [0.717, 1.165) is 36.8 Å². The molecule has 5 atom stereocenters. The predicted octanol–water partition coefficient (Wildman–Crippen LogP) is 5.20. The number of likely N-dealkylation sites (tertiary alicyclic amines) is 1. The molecule has 12 nitrogen and oxygen atoms in total. The number of nitrogens with zero attached hydrogens (tertiary/aromatic N) is 1. The maximum absolute atomic E-state index is 14.7. The summed E-state index contributed by atoms with van der Waals surface area (Å²) in [6, 6.07) is 12.8. The number of carbonyl (C=O) groups is 4. The van der Waals surface area contributed by atoms with Gasteiger partial charge in [0.15, 0.2) is 0 Å². The zero-order valence-corrected chi connectivity index (χ0v) is 32.2. The minimum Gasteiger partial charge on any atom is -0.446 e. The molecule has 4 amide bonds. The first-order valence-corrected chi connectivity index (χ1v) is 20.1. The minimum absolute atomic E-state index is 0.0117. The molecular weight excluding hydrogens is 720 g/mol. The van der Waals surface area contributed by atoms with Gasteiger partial charge < -0.3 is 25.0 Å². The molecule has 0 aromatic heterocycles. The first kappa shape index (κ1) is 38.8. The summed E-state index contributed by atoms with van der Waals surface area (Å²) in [5.41, 5.74) is -1.00. The van der Waals surface area contributed by atoms with Crippen LogP contribution in [0.4, 0.5) is 4.79 Å². The van der Waals surface area contributed by atoms with Crippen LogP contribution in [0.25, 0.3) is 11.1 Å². The summed E-state index contributed by atoms with van der Waals surface area (Å²) in [7, 11) is -2.39. The van der Waals surface area contributed by atoms with Crippen LogP contribution in [-0.4, -0.2) is 79.8 Å². The average molecular weight is 769 g/mol. The average Bonchev–Trinajstić information content (AvgIpc) is 4.00. The van der Waals surface area contributed by atoms with Crippen molar-refractivity contribution >= 4 is 45.4 Å². The van der Waals surface area contributed by atoms with Crippen molar-refractivity contribution in [1.82, 2.24) is 20.3 Å². The second-order valence-corrected chi connectivity index (χ2v) is 18.3. The normalized spacial score (nSPS) is 26.4. The van der Waals surface area contributed by atoms with Crippen LogP contribution < -0.4 is 15.4 Å². The fraction of sp³-hybridized carbons (Fsp3) is 0.538. The lowest BCUT2D eigenvalue weighted by molar-refractivity contribution is -0.143. The molecule has 1 heterocycles. The first-order chi connectivity index (χ1) is 25.0. The van der Waals surface area contributed by atoms with Crippen molar-refractivity contribution in [2.24, 2.45) is 11.3 Å². The zero-order valence-electron chi connectivity index (χ0n) is 30.7. The SMILES string of the molecule is C=C[C@@H]1C[C@]1(NC(=O)[C@@H]1C[C@@](OC)(c2ccc(-c3cccc(Cl)c3)cc2)CN1C(=O)[C@@H](NC(=O)OC1CCCC1)C(C)(C)C)C(=O)NS(=O)(=O)C1CC1. The van der Waals surface area contributed by atoms with E-state index in [0.29, 0.717) is 23.4 Å². The molecule has 1 saturated heterocycles. The monoisotopic (exact) mass is 768 g/mol. The maximum Gasteiger partial charge on any atom is 0.408 e. The number of benzene rings is 2. The van der Waals surface area contributed by atoms with E-state index in [4.69, 9.17) is 21.1 Å². The Morgan fingerprint density at radius 2 is 1.68 bits per heavy atom. The Bertz CT molecular complexity index is 1870. The number of methoxy groups -OCH3 is 1. The first-order valence-electron chi connectivity index (χ1n) is 18.2. The minimum atomic E-state index is -3.90. The smallest absolute Gasteiger partial charge is 0.408 e. The third-order valence-electron chi connectivity index (χ3n) is 11.1. The molecular formula is C39H49ClN4O8S. The number of halogens is 1. The van der Waals surface area contributed by atoms with Crippen LogP contribution in [0.2, 0.25) is 5.02 Å². The third kappa shape index (κ3) is 8.12. The molecule has 2 aromatic rings. The van der Waals surface area contributed by atoms with Crippen molar-refractivity contribution in [3.05, 3.63) is 71.8 Å². The fourth-order valence-corrected chi connectivity index (χ4v) is 9.14. The van der Waals surface area contributed by atoms with Gasteiger partial charge in [-0.1, -0.05) is 74.8 Å². The number of hydrogen-bond donors (Lipinski definition) is 3. The summed E-state index contributed by atoms with van der Waals surface area (Å²) in [6.07, 6.45) is 5.09. The fourth-order valence-electron chi connectivity index (χ4n) is 7.59. The highest BCUT2D eigenvalue weighted by Gasteiger charge is 2.62. The number of hydrogen-bond acceptors (Lipinski definition) is 8. The lowest BCUT2D eigenvalue weighted by Crippen LogP contribution is -2.60. The molecule has 0 spiro atoms. The van der Waals surface area contributed by atoms with E-state index in [9.17, 15) is 27.6 Å². The molecule has 3 N–H and O–H groups in total. The van der Waals surface area contributed by atoms with Gasteiger partial charge in [0.25, 0.3) is 5.91 Å². The van der Waals surface area contributed by atoms with Crippen LogP contribution in [0, 0.1) is 11.3 Å². The van der Waals surface area contributed by atoms with E-state index < -0.39 is 73.6 Å². The molecule has 0 unspecified atom stereocenters. The molecule has 3 aliphatic carbocycles. The summed E-state index contributed by atoms with van der Waals surface area (Å²) in [5.74, 6) is -2.54. The van der Waals surface area contributed by atoms with Crippen molar-refractivity contribution in [2.75, 3.05) is 13.7 Å². The lowest BCUT2D eigenvalue weighted by Gasteiger charge is -2.36. The van der Waals surface area contributed by atoms with Crippen molar-refractivity contribution in [3.8, 4) is 11.1 Å². The Labute approximate surface area is 316 Å². The highest BCUT2D eigenvalue weighted by atomic mass is 35.5. The van der Waals surface area contributed by atoms with Gasteiger partial charge in [0.2, 0.25) is 21.8 Å². The van der Waals surface area contributed by atoms with Gasteiger partial charge in [-0.15, -0.1) is 6.58 Å². The molecule has 1 aliphatic heterocycles. The van der Waals surface area contributed by atoms with Crippen molar-refractivity contribution in [1.29, 1.82) is 0 Å². The van der Waals surface area contributed by atoms with E-state index in [2.05, 4.69) is 21.9 Å². The van der Waals surface area contributed by atoms with Crippen LogP contribution >= 0.6 is 11.6 Å². The highest BCUT2D eigenvalue weighted by molar-refractivity contribution is 7.91. The summed E-state index contributed by atoms with van der Waals surface area (Å²) in [5, 5.41) is 5.58. The molecule has 3 saturated carbocycles. The van der Waals surface area contributed by atoms with Crippen molar-refractivity contribution in [3.63, 3.8) is 0 Å². The Morgan fingerprint density at radius 1 is 1.00 bits per heavy atom. The van der Waals surface area contributed by atoms with E-state index >= 15 is 0 Å². The van der Waals surface area contributed by atoms with Gasteiger partial charge in [-0.05, 0) is 79.2 Å². The molecule has 0 radical (unpaired) electrons. The number of amides is 4. The number of alkyl carbamates (subject to hydrolysis) is 1. The molecule has 286 valence electrons. The van der Waals surface area contributed by atoms with Crippen LogP contribution in [0.1, 0.15) is 77.7 Å². The molecule has 4 fully saturated rings. The predicted molar refractivity (Wildman–Crippen MR) is 200 cm³/mol. The molecule has 2 aromatic carbocycles. The van der Waals surface area contributed by atoms with Gasteiger partial charge in [0.1, 0.15) is 29.3 Å². The quantitative estimate of drug-likeness (QED) is 0.249. The molecule has 0 bridgehead atoms. The Hall–Kier alpha value is -3.94. The van der Waals surface area contributed by atoms with Crippen LogP contribution in [0.3, 0.4) is 0 Å². The molecule has 14 heteroatoms. The summed E-state index contributed by atoms with van der Waals surface area (Å²) in [6.45, 7) is 9.18. The topological polar surface area (TPSA) is 160 Å². The van der Waals surface area contributed by atoms with Crippen molar-refractivity contribution in [2.45, 2.75) is 107 Å². The second-order valence-electron chi connectivity index (χ2n) is 15.9. The van der Waals surface area contributed by atoms with Crippen molar-refractivity contribution < 1.29 is 37.1 Å². The van der Waals surface area contributed by atoms with E-state index in [-0.39, 0.29) is 25.5 Å². The van der Waals surface area contributed by atoms with E-state index in [1.54, 1.807) is 6.07 Å². The number of ether oxygens (including phenoxy) is 2. The largest absolute Gasteiger partial charge is 0.446 e. The standard InChI is InChI=1S/C39H49ClN4O8S/c1-6-26-21-39(26,35(47)43-53(49,50)30-18-19-30)42-33(45)31-22-38(51-5,27-16-14-24(15-17-27)25-10-9-11-28(40)20-25)23-44(31)34(46)32(37(2,3)4)41-36(48)52-29-12-7-8-13-29/h6,9-11,14-17,20,26,29-32H,1,7-8,12-13,18-19,21-23H2,2-5H3,(H,41,48)(H,42,45)(H,43,47)/t26-,31+,32-,38+,39-/m1/s1. The Kier molecular flexibility index (Phi) is 10.8. The maximum atomic E-state index is 14.7.